The summed E-state index contributed by atoms with van der Waals surface area (Å²) < 4.78 is 0. The van der Waals surface area contributed by atoms with Crippen molar-refractivity contribution in [2.45, 2.75) is 45.3 Å². The van der Waals surface area contributed by atoms with Crippen molar-refractivity contribution in [3.05, 3.63) is 35.9 Å². The highest BCUT2D eigenvalue weighted by atomic mass is 16.2. The van der Waals surface area contributed by atoms with E-state index in [1.807, 2.05) is 36.9 Å². The maximum Gasteiger partial charge on any atom is 0.318 e. The lowest BCUT2D eigenvalue weighted by Gasteiger charge is -2.24. The minimum atomic E-state index is 0.0614. The minimum Gasteiger partial charge on any atom is -0.336 e. The first kappa shape index (κ1) is 12.0. The number of carbonyl (C=O) groups excluding carboxylic acids is 1. The lowest BCUT2D eigenvalue weighted by atomic mass is 10.2. The number of amides is 2. The fraction of sp³-hybridized carbons (Fsp3) is 0.500. The number of urea groups is 1. The monoisotopic (exact) mass is 232 g/mol. The highest BCUT2D eigenvalue weighted by Crippen LogP contribution is 2.28. The minimum absolute atomic E-state index is 0.0614. The summed E-state index contributed by atoms with van der Waals surface area (Å²) in [5, 5.41) is 2.97. The molecule has 3 heteroatoms. The fourth-order valence-corrected chi connectivity index (χ4v) is 1.86. The van der Waals surface area contributed by atoms with E-state index >= 15 is 0 Å². The molecule has 1 fully saturated rings. The first-order valence-corrected chi connectivity index (χ1v) is 6.28. The molecule has 92 valence electrons. The molecule has 17 heavy (non-hydrogen) atoms. The second-order valence-electron chi connectivity index (χ2n) is 4.95. The Kier molecular flexibility index (Phi) is 3.67. The smallest absolute Gasteiger partial charge is 0.318 e. The van der Waals surface area contributed by atoms with Gasteiger partial charge in [-0.15, -0.1) is 0 Å². The van der Waals surface area contributed by atoms with Gasteiger partial charge in [-0.1, -0.05) is 30.3 Å². The van der Waals surface area contributed by atoms with Gasteiger partial charge in [0, 0.05) is 18.6 Å². The highest BCUT2D eigenvalue weighted by molar-refractivity contribution is 5.75. The number of nitrogens with one attached hydrogen (secondary N) is 1. The number of hydrogen-bond donors (Lipinski definition) is 1. The molecule has 0 aromatic heterocycles. The molecule has 1 aromatic carbocycles. The summed E-state index contributed by atoms with van der Waals surface area (Å²) in [5.41, 5.74) is 1.19. The molecule has 0 spiro atoms. The Morgan fingerprint density at radius 3 is 2.53 bits per heavy atom. The van der Waals surface area contributed by atoms with E-state index in [0.29, 0.717) is 12.6 Å². The summed E-state index contributed by atoms with van der Waals surface area (Å²) in [6.07, 6.45) is 2.27. The van der Waals surface area contributed by atoms with E-state index in [0.717, 1.165) is 12.8 Å². The highest BCUT2D eigenvalue weighted by Gasteiger charge is 2.32. The SMILES string of the molecule is CC(C)NC(=O)N(Cc1ccccc1)C1CC1. The Morgan fingerprint density at radius 2 is 2.00 bits per heavy atom. The summed E-state index contributed by atoms with van der Waals surface area (Å²) in [6.45, 7) is 4.70. The second-order valence-corrected chi connectivity index (χ2v) is 4.95. The second kappa shape index (κ2) is 5.21. The molecule has 2 amide bonds. The first-order valence-electron chi connectivity index (χ1n) is 6.28. The zero-order chi connectivity index (χ0) is 12.3. The summed E-state index contributed by atoms with van der Waals surface area (Å²) in [5.74, 6) is 0. The average molecular weight is 232 g/mol. The summed E-state index contributed by atoms with van der Waals surface area (Å²) in [7, 11) is 0. The molecule has 0 radical (unpaired) electrons. The lowest BCUT2D eigenvalue weighted by Crippen LogP contribution is -2.43. The van der Waals surface area contributed by atoms with Crippen LogP contribution >= 0.6 is 0 Å². The van der Waals surface area contributed by atoms with Crippen LogP contribution in [0.25, 0.3) is 0 Å². The number of carbonyl (C=O) groups is 1. The average Bonchev–Trinajstić information content (AvgIpc) is 3.10. The molecular formula is C14H20N2O. The van der Waals surface area contributed by atoms with Gasteiger partial charge in [0.2, 0.25) is 0 Å². The van der Waals surface area contributed by atoms with Gasteiger partial charge in [-0.05, 0) is 32.3 Å². The molecule has 2 rings (SSSR count). The van der Waals surface area contributed by atoms with Crippen molar-refractivity contribution in [3.8, 4) is 0 Å². The molecule has 1 N–H and O–H groups in total. The molecule has 1 aliphatic carbocycles. The quantitative estimate of drug-likeness (QED) is 0.850. The van der Waals surface area contributed by atoms with E-state index in [1.54, 1.807) is 0 Å². The van der Waals surface area contributed by atoms with Crippen LogP contribution in [0, 0.1) is 0 Å². The predicted octanol–water partition coefficient (Wildman–Crippen LogP) is 2.77. The summed E-state index contributed by atoms with van der Waals surface area (Å²) in [4.78, 5) is 14.0. The topological polar surface area (TPSA) is 32.3 Å². The van der Waals surface area contributed by atoms with E-state index in [1.165, 1.54) is 5.56 Å². The lowest BCUT2D eigenvalue weighted by molar-refractivity contribution is 0.189. The van der Waals surface area contributed by atoms with Gasteiger partial charge in [-0.2, -0.15) is 0 Å². The Bertz CT molecular complexity index is 371. The van der Waals surface area contributed by atoms with Gasteiger partial charge in [-0.3, -0.25) is 0 Å². The van der Waals surface area contributed by atoms with Crippen molar-refractivity contribution >= 4 is 6.03 Å². The molecule has 0 saturated heterocycles. The van der Waals surface area contributed by atoms with Crippen LogP contribution in [0.3, 0.4) is 0 Å². The van der Waals surface area contributed by atoms with E-state index in [9.17, 15) is 4.79 Å². The third-order valence-electron chi connectivity index (χ3n) is 2.86. The fourth-order valence-electron chi connectivity index (χ4n) is 1.86. The van der Waals surface area contributed by atoms with Crippen LogP contribution in [0.15, 0.2) is 30.3 Å². The van der Waals surface area contributed by atoms with Crippen LogP contribution < -0.4 is 5.32 Å². The maximum atomic E-state index is 12.1. The Balaban J connectivity index is 2.00. The zero-order valence-electron chi connectivity index (χ0n) is 10.5. The molecule has 0 unspecified atom stereocenters. The Hall–Kier alpha value is -1.51. The number of benzene rings is 1. The van der Waals surface area contributed by atoms with Crippen LogP contribution in [0.2, 0.25) is 0 Å². The Morgan fingerprint density at radius 1 is 1.35 bits per heavy atom. The summed E-state index contributed by atoms with van der Waals surface area (Å²) in [6, 6.07) is 10.9. The van der Waals surface area contributed by atoms with Crippen LogP contribution in [0.1, 0.15) is 32.3 Å². The van der Waals surface area contributed by atoms with Crippen LogP contribution in [-0.2, 0) is 6.54 Å². The predicted molar refractivity (Wildman–Crippen MR) is 68.7 cm³/mol. The van der Waals surface area contributed by atoms with E-state index in [-0.39, 0.29) is 12.1 Å². The van der Waals surface area contributed by atoms with Gasteiger partial charge in [0.05, 0.1) is 0 Å². The van der Waals surface area contributed by atoms with Crippen LogP contribution in [0.4, 0.5) is 4.79 Å². The van der Waals surface area contributed by atoms with Crippen LogP contribution in [0.5, 0.6) is 0 Å². The molecule has 0 aliphatic heterocycles. The number of hydrogen-bond acceptors (Lipinski definition) is 1. The first-order chi connectivity index (χ1) is 8.16. The maximum absolute atomic E-state index is 12.1. The van der Waals surface area contributed by atoms with E-state index < -0.39 is 0 Å². The molecule has 3 nitrogen and oxygen atoms in total. The van der Waals surface area contributed by atoms with Crippen molar-refractivity contribution in [1.29, 1.82) is 0 Å². The van der Waals surface area contributed by atoms with Crippen molar-refractivity contribution < 1.29 is 4.79 Å². The van der Waals surface area contributed by atoms with Crippen molar-refractivity contribution in [2.24, 2.45) is 0 Å². The van der Waals surface area contributed by atoms with Crippen molar-refractivity contribution in [1.82, 2.24) is 10.2 Å². The molecule has 0 heterocycles. The Labute approximate surface area is 103 Å². The molecule has 1 aromatic rings. The van der Waals surface area contributed by atoms with Gasteiger partial charge in [-0.25, -0.2) is 4.79 Å². The molecule has 1 saturated carbocycles. The van der Waals surface area contributed by atoms with Gasteiger partial charge in [0.25, 0.3) is 0 Å². The van der Waals surface area contributed by atoms with Crippen LogP contribution in [-0.4, -0.2) is 23.0 Å². The summed E-state index contributed by atoms with van der Waals surface area (Å²) >= 11 is 0. The van der Waals surface area contributed by atoms with Gasteiger partial charge in [0.15, 0.2) is 0 Å². The third kappa shape index (κ3) is 3.48. The number of nitrogens with zero attached hydrogens (tertiary/aromatic N) is 1. The zero-order valence-corrected chi connectivity index (χ0v) is 10.5. The largest absolute Gasteiger partial charge is 0.336 e. The third-order valence-corrected chi connectivity index (χ3v) is 2.86. The van der Waals surface area contributed by atoms with E-state index in [2.05, 4.69) is 17.4 Å². The molecule has 0 bridgehead atoms. The van der Waals surface area contributed by atoms with Gasteiger partial charge >= 0.3 is 6.03 Å². The molecule has 0 atom stereocenters. The molecular weight excluding hydrogens is 212 g/mol. The van der Waals surface area contributed by atoms with Gasteiger partial charge < -0.3 is 10.2 Å². The van der Waals surface area contributed by atoms with E-state index in [4.69, 9.17) is 0 Å². The van der Waals surface area contributed by atoms with Gasteiger partial charge in [0.1, 0.15) is 0 Å². The standard InChI is InChI=1S/C14H20N2O/c1-11(2)15-14(17)16(13-8-9-13)10-12-6-4-3-5-7-12/h3-7,11,13H,8-10H2,1-2H3,(H,15,17). The van der Waals surface area contributed by atoms with Crippen molar-refractivity contribution in [2.75, 3.05) is 0 Å². The normalized spacial score (nSPS) is 14.8. The van der Waals surface area contributed by atoms with Crippen molar-refractivity contribution in [3.63, 3.8) is 0 Å². The number of rotatable bonds is 4. The molecule has 1 aliphatic rings.